The molecule has 1 rings (SSSR count). The van der Waals surface area contributed by atoms with E-state index in [2.05, 4.69) is 24.4 Å². The summed E-state index contributed by atoms with van der Waals surface area (Å²) in [5.41, 5.74) is 5.52. The minimum atomic E-state index is 0.413. The number of hydrogen-bond donors (Lipinski definition) is 2. The quantitative estimate of drug-likeness (QED) is 0.732. The maximum absolute atomic E-state index is 5.52. The van der Waals surface area contributed by atoms with Crippen LogP contribution in [0.3, 0.4) is 0 Å². The summed E-state index contributed by atoms with van der Waals surface area (Å²) in [5, 5.41) is 3.51. The maximum atomic E-state index is 5.52. The lowest BCUT2D eigenvalue weighted by molar-refractivity contribution is 0.161. The monoisotopic (exact) mass is 242 g/mol. The molecule has 0 saturated heterocycles. The molecule has 0 saturated carbocycles. The summed E-state index contributed by atoms with van der Waals surface area (Å²) in [7, 11) is 1.74. The van der Waals surface area contributed by atoms with Gasteiger partial charge in [0.05, 0.1) is 6.61 Å². The van der Waals surface area contributed by atoms with Crippen LogP contribution >= 0.6 is 11.3 Å². The van der Waals surface area contributed by atoms with Gasteiger partial charge < -0.3 is 15.8 Å². The molecule has 1 aromatic heterocycles. The van der Waals surface area contributed by atoms with E-state index in [1.165, 1.54) is 9.75 Å². The van der Waals surface area contributed by atoms with Crippen LogP contribution < -0.4 is 11.1 Å². The van der Waals surface area contributed by atoms with Gasteiger partial charge in [-0.15, -0.1) is 11.3 Å². The molecular weight excluding hydrogens is 220 g/mol. The molecule has 4 heteroatoms. The van der Waals surface area contributed by atoms with E-state index in [1.807, 2.05) is 11.3 Å². The van der Waals surface area contributed by atoms with Crippen molar-refractivity contribution >= 4 is 11.3 Å². The van der Waals surface area contributed by atoms with Crippen LogP contribution in [0.2, 0.25) is 0 Å². The summed E-state index contributed by atoms with van der Waals surface area (Å²) in [6.45, 7) is 4.57. The van der Waals surface area contributed by atoms with E-state index in [0.29, 0.717) is 6.04 Å². The predicted molar refractivity (Wildman–Crippen MR) is 69.8 cm³/mol. The van der Waals surface area contributed by atoms with Crippen molar-refractivity contribution in [3.05, 3.63) is 21.9 Å². The van der Waals surface area contributed by atoms with E-state index in [9.17, 15) is 0 Å². The van der Waals surface area contributed by atoms with Crippen molar-refractivity contribution in [1.82, 2.24) is 5.32 Å². The highest BCUT2D eigenvalue weighted by molar-refractivity contribution is 7.11. The number of methoxy groups -OCH3 is 1. The Hall–Kier alpha value is -0.420. The summed E-state index contributed by atoms with van der Waals surface area (Å²) < 4.78 is 5.19. The Morgan fingerprint density at radius 1 is 1.50 bits per heavy atom. The summed E-state index contributed by atoms with van der Waals surface area (Å²) in [6.07, 6.45) is 2.12. The van der Waals surface area contributed by atoms with Gasteiger partial charge in [-0.25, -0.2) is 0 Å². The van der Waals surface area contributed by atoms with Crippen molar-refractivity contribution in [2.75, 3.05) is 20.3 Å². The van der Waals surface area contributed by atoms with Gasteiger partial charge in [-0.3, -0.25) is 0 Å². The molecule has 1 atom stereocenters. The van der Waals surface area contributed by atoms with Crippen LogP contribution in [-0.4, -0.2) is 26.3 Å². The molecule has 0 aliphatic rings. The minimum absolute atomic E-state index is 0.413. The molecule has 0 amide bonds. The number of rotatable bonds is 8. The Morgan fingerprint density at radius 3 is 2.88 bits per heavy atom. The van der Waals surface area contributed by atoms with Gasteiger partial charge in [0.2, 0.25) is 0 Å². The Kier molecular flexibility index (Phi) is 6.64. The predicted octanol–water partition coefficient (Wildman–Crippen LogP) is 1.90. The first-order valence-corrected chi connectivity index (χ1v) is 6.55. The van der Waals surface area contributed by atoms with Crippen molar-refractivity contribution in [3.8, 4) is 0 Å². The standard InChI is InChI=1S/C12H22N2OS/c1-10-5-6-12(16-10)8-14-11(9-15-2)4-3-7-13/h5-6,11,14H,3-4,7-9,13H2,1-2H3. The largest absolute Gasteiger partial charge is 0.383 e. The van der Waals surface area contributed by atoms with Crippen LogP contribution in [0.5, 0.6) is 0 Å². The number of aryl methyl sites for hydroxylation is 1. The second-order valence-corrected chi connectivity index (χ2v) is 5.35. The van der Waals surface area contributed by atoms with Crippen LogP contribution in [0.4, 0.5) is 0 Å². The number of ether oxygens (including phenoxy) is 1. The molecule has 1 aromatic rings. The summed E-state index contributed by atoms with van der Waals surface area (Å²) in [5.74, 6) is 0. The summed E-state index contributed by atoms with van der Waals surface area (Å²) in [4.78, 5) is 2.74. The highest BCUT2D eigenvalue weighted by Gasteiger charge is 2.07. The van der Waals surface area contributed by atoms with Crippen LogP contribution in [0.25, 0.3) is 0 Å². The highest BCUT2D eigenvalue weighted by Crippen LogP contribution is 2.14. The average Bonchev–Trinajstić information content (AvgIpc) is 2.68. The highest BCUT2D eigenvalue weighted by atomic mass is 32.1. The number of thiophene rings is 1. The van der Waals surface area contributed by atoms with Crippen molar-refractivity contribution < 1.29 is 4.74 Å². The summed E-state index contributed by atoms with van der Waals surface area (Å²) >= 11 is 1.84. The van der Waals surface area contributed by atoms with Gasteiger partial charge in [-0.2, -0.15) is 0 Å². The summed E-state index contributed by atoms with van der Waals surface area (Å²) in [6, 6.07) is 4.75. The fourth-order valence-electron chi connectivity index (χ4n) is 1.63. The van der Waals surface area contributed by atoms with E-state index in [-0.39, 0.29) is 0 Å². The first kappa shape index (κ1) is 13.6. The Labute approximate surface area is 102 Å². The molecular formula is C12H22N2OS. The van der Waals surface area contributed by atoms with Crippen molar-refractivity contribution in [2.24, 2.45) is 5.73 Å². The van der Waals surface area contributed by atoms with Crippen LogP contribution in [0.1, 0.15) is 22.6 Å². The van der Waals surface area contributed by atoms with E-state index >= 15 is 0 Å². The van der Waals surface area contributed by atoms with E-state index in [4.69, 9.17) is 10.5 Å². The molecule has 1 heterocycles. The molecule has 3 nitrogen and oxygen atoms in total. The third-order valence-electron chi connectivity index (χ3n) is 2.49. The van der Waals surface area contributed by atoms with Gasteiger partial charge in [-0.1, -0.05) is 0 Å². The maximum Gasteiger partial charge on any atom is 0.0615 e. The molecule has 0 aliphatic carbocycles. The van der Waals surface area contributed by atoms with Crippen molar-refractivity contribution in [1.29, 1.82) is 0 Å². The smallest absolute Gasteiger partial charge is 0.0615 e. The van der Waals surface area contributed by atoms with Gasteiger partial charge in [0.25, 0.3) is 0 Å². The lowest BCUT2D eigenvalue weighted by Gasteiger charge is -2.16. The second-order valence-electron chi connectivity index (χ2n) is 3.98. The van der Waals surface area contributed by atoms with Crippen molar-refractivity contribution in [2.45, 2.75) is 32.4 Å². The molecule has 1 unspecified atom stereocenters. The molecule has 0 aromatic carbocycles. The van der Waals surface area contributed by atoms with Gasteiger partial charge in [0.1, 0.15) is 0 Å². The SMILES string of the molecule is COCC(CCCN)NCc1ccc(C)s1. The zero-order valence-electron chi connectivity index (χ0n) is 10.2. The Morgan fingerprint density at radius 2 is 2.31 bits per heavy atom. The molecule has 16 heavy (non-hydrogen) atoms. The number of nitrogens with one attached hydrogen (secondary N) is 1. The Balaban J connectivity index is 2.30. The molecule has 0 aliphatic heterocycles. The molecule has 3 N–H and O–H groups in total. The van der Waals surface area contributed by atoms with E-state index in [0.717, 1.165) is 32.5 Å². The van der Waals surface area contributed by atoms with Gasteiger partial charge in [0.15, 0.2) is 0 Å². The zero-order chi connectivity index (χ0) is 11.8. The van der Waals surface area contributed by atoms with E-state index in [1.54, 1.807) is 7.11 Å². The third kappa shape index (κ3) is 5.07. The molecule has 0 bridgehead atoms. The fourth-order valence-corrected chi connectivity index (χ4v) is 2.48. The normalized spacial score (nSPS) is 12.9. The van der Waals surface area contributed by atoms with E-state index < -0.39 is 0 Å². The average molecular weight is 242 g/mol. The first-order valence-electron chi connectivity index (χ1n) is 5.74. The molecule has 0 spiro atoms. The van der Waals surface area contributed by atoms with Crippen molar-refractivity contribution in [3.63, 3.8) is 0 Å². The van der Waals surface area contributed by atoms with Crippen LogP contribution in [0, 0.1) is 6.92 Å². The Bertz CT molecular complexity index is 288. The third-order valence-corrected chi connectivity index (χ3v) is 3.49. The number of hydrogen-bond acceptors (Lipinski definition) is 4. The lowest BCUT2D eigenvalue weighted by Crippen LogP contribution is -2.33. The number of nitrogens with two attached hydrogens (primary N) is 1. The molecule has 0 fully saturated rings. The fraction of sp³-hybridized carbons (Fsp3) is 0.667. The minimum Gasteiger partial charge on any atom is -0.383 e. The molecule has 0 radical (unpaired) electrons. The first-order chi connectivity index (χ1) is 7.76. The topological polar surface area (TPSA) is 47.3 Å². The lowest BCUT2D eigenvalue weighted by atomic mass is 10.1. The molecule has 92 valence electrons. The van der Waals surface area contributed by atoms with Gasteiger partial charge >= 0.3 is 0 Å². The second kappa shape index (κ2) is 7.79. The van der Waals surface area contributed by atoms with Gasteiger partial charge in [0, 0.05) is 29.5 Å². The zero-order valence-corrected chi connectivity index (χ0v) is 11.0. The van der Waals surface area contributed by atoms with Crippen LogP contribution in [0.15, 0.2) is 12.1 Å². The van der Waals surface area contributed by atoms with Crippen LogP contribution in [-0.2, 0) is 11.3 Å². The van der Waals surface area contributed by atoms with Gasteiger partial charge in [-0.05, 0) is 38.4 Å².